The molecule has 0 bridgehead atoms. The third kappa shape index (κ3) is 0.959. The van der Waals surface area contributed by atoms with E-state index in [0.717, 1.165) is 32.4 Å². The second-order valence-electron chi connectivity index (χ2n) is 4.16. The minimum atomic E-state index is 0.200. The van der Waals surface area contributed by atoms with E-state index in [4.69, 9.17) is 0 Å². The van der Waals surface area contributed by atoms with E-state index >= 15 is 0 Å². The third-order valence-corrected chi connectivity index (χ3v) is 3.41. The standard InChI is InChI=1S/C9H16N2O/c1-10-6-5-9(7-10)4-3-8(12)11(9)2/h3-7H2,1-2H3. The van der Waals surface area contributed by atoms with Crippen molar-refractivity contribution in [2.45, 2.75) is 24.8 Å². The van der Waals surface area contributed by atoms with Crippen LogP contribution in [-0.4, -0.2) is 48.4 Å². The van der Waals surface area contributed by atoms with Gasteiger partial charge in [-0.15, -0.1) is 0 Å². The second kappa shape index (κ2) is 2.46. The van der Waals surface area contributed by atoms with Gasteiger partial charge in [-0.05, 0) is 19.9 Å². The highest BCUT2D eigenvalue weighted by Gasteiger charge is 2.46. The summed E-state index contributed by atoms with van der Waals surface area (Å²) in [5.74, 6) is 0.324. The van der Waals surface area contributed by atoms with Gasteiger partial charge in [0, 0.05) is 26.6 Å². The van der Waals surface area contributed by atoms with Gasteiger partial charge in [0.25, 0.3) is 0 Å². The molecule has 3 heteroatoms. The molecular formula is C9H16N2O. The largest absolute Gasteiger partial charge is 0.339 e. The molecule has 12 heavy (non-hydrogen) atoms. The zero-order valence-corrected chi connectivity index (χ0v) is 7.84. The van der Waals surface area contributed by atoms with Gasteiger partial charge in [-0.3, -0.25) is 4.79 Å². The molecule has 0 aromatic rings. The molecule has 2 aliphatic heterocycles. The number of carbonyl (C=O) groups excluding carboxylic acids is 1. The molecule has 2 heterocycles. The highest BCUT2D eigenvalue weighted by atomic mass is 16.2. The van der Waals surface area contributed by atoms with Crippen molar-refractivity contribution in [1.82, 2.24) is 9.80 Å². The van der Waals surface area contributed by atoms with Crippen molar-refractivity contribution in [3.63, 3.8) is 0 Å². The fourth-order valence-electron chi connectivity index (χ4n) is 2.48. The van der Waals surface area contributed by atoms with Crippen molar-refractivity contribution in [1.29, 1.82) is 0 Å². The van der Waals surface area contributed by atoms with Crippen LogP contribution in [0.2, 0.25) is 0 Å². The number of likely N-dealkylation sites (N-methyl/N-ethyl adjacent to an activating group) is 2. The molecule has 2 rings (SSSR count). The molecule has 2 fully saturated rings. The van der Waals surface area contributed by atoms with Crippen LogP contribution in [0.25, 0.3) is 0 Å². The first-order valence-electron chi connectivity index (χ1n) is 4.59. The lowest BCUT2D eigenvalue weighted by molar-refractivity contribution is -0.129. The van der Waals surface area contributed by atoms with Gasteiger partial charge >= 0.3 is 0 Å². The Morgan fingerprint density at radius 3 is 2.50 bits per heavy atom. The maximum Gasteiger partial charge on any atom is 0.222 e. The Bertz CT molecular complexity index is 217. The smallest absolute Gasteiger partial charge is 0.222 e. The number of nitrogens with zero attached hydrogens (tertiary/aromatic N) is 2. The summed E-state index contributed by atoms with van der Waals surface area (Å²) in [5.41, 5.74) is 0.200. The number of hydrogen-bond donors (Lipinski definition) is 0. The van der Waals surface area contributed by atoms with Gasteiger partial charge in [-0.25, -0.2) is 0 Å². The van der Waals surface area contributed by atoms with Gasteiger partial charge in [0.1, 0.15) is 0 Å². The molecule has 2 aliphatic rings. The van der Waals surface area contributed by atoms with E-state index in [9.17, 15) is 4.79 Å². The van der Waals surface area contributed by atoms with Crippen LogP contribution in [0, 0.1) is 0 Å². The first kappa shape index (κ1) is 8.05. The minimum absolute atomic E-state index is 0.200. The Kier molecular flexibility index (Phi) is 1.65. The van der Waals surface area contributed by atoms with Crippen molar-refractivity contribution in [3.8, 4) is 0 Å². The van der Waals surface area contributed by atoms with Crippen LogP contribution < -0.4 is 0 Å². The topological polar surface area (TPSA) is 23.6 Å². The van der Waals surface area contributed by atoms with Crippen LogP contribution in [0.5, 0.6) is 0 Å². The quantitative estimate of drug-likeness (QED) is 0.520. The van der Waals surface area contributed by atoms with Gasteiger partial charge in [0.15, 0.2) is 0 Å². The Hall–Kier alpha value is -0.570. The normalized spacial score (nSPS) is 37.2. The molecule has 0 N–H and O–H groups in total. The average molecular weight is 168 g/mol. The number of likely N-dealkylation sites (tertiary alicyclic amines) is 2. The molecule has 0 aromatic carbocycles. The van der Waals surface area contributed by atoms with Crippen molar-refractivity contribution >= 4 is 5.91 Å². The van der Waals surface area contributed by atoms with Crippen LogP contribution in [0.3, 0.4) is 0 Å². The first-order valence-corrected chi connectivity index (χ1v) is 4.59. The van der Waals surface area contributed by atoms with Gasteiger partial charge in [-0.1, -0.05) is 0 Å². The van der Waals surface area contributed by atoms with Crippen LogP contribution in [-0.2, 0) is 4.79 Å². The summed E-state index contributed by atoms with van der Waals surface area (Å²) in [5, 5.41) is 0. The number of amides is 1. The molecule has 0 saturated carbocycles. The van der Waals surface area contributed by atoms with Gasteiger partial charge < -0.3 is 9.80 Å². The molecule has 68 valence electrons. The van der Waals surface area contributed by atoms with Crippen molar-refractivity contribution in [2.24, 2.45) is 0 Å². The predicted octanol–water partition coefficient (Wildman–Crippen LogP) is 0.313. The molecule has 3 nitrogen and oxygen atoms in total. The average Bonchev–Trinajstić information content (AvgIpc) is 2.53. The Morgan fingerprint density at radius 2 is 2.08 bits per heavy atom. The van der Waals surface area contributed by atoms with E-state index in [1.54, 1.807) is 0 Å². The summed E-state index contributed by atoms with van der Waals surface area (Å²) in [6, 6.07) is 0. The van der Waals surface area contributed by atoms with E-state index in [-0.39, 0.29) is 5.54 Å². The molecule has 0 aliphatic carbocycles. The van der Waals surface area contributed by atoms with E-state index in [2.05, 4.69) is 11.9 Å². The summed E-state index contributed by atoms with van der Waals surface area (Å²) in [4.78, 5) is 15.6. The molecule has 0 aromatic heterocycles. The molecule has 1 atom stereocenters. The van der Waals surface area contributed by atoms with E-state index in [0.29, 0.717) is 5.91 Å². The third-order valence-electron chi connectivity index (χ3n) is 3.41. The van der Waals surface area contributed by atoms with Crippen molar-refractivity contribution in [3.05, 3.63) is 0 Å². The molecule has 0 radical (unpaired) electrons. The Balaban J connectivity index is 2.17. The van der Waals surface area contributed by atoms with E-state index in [1.807, 2.05) is 11.9 Å². The maximum absolute atomic E-state index is 11.3. The van der Waals surface area contributed by atoms with E-state index < -0.39 is 0 Å². The van der Waals surface area contributed by atoms with E-state index in [1.165, 1.54) is 0 Å². The summed E-state index contributed by atoms with van der Waals surface area (Å²) >= 11 is 0. The predicted molar refractivity (Wildman–Crippen MR) is 46.8 cm³/mol. The van der Waals surface area contributed by atoms with Crippen LogP contribution in [0.1, 0.15) is 19.3 Å². The second-order valence-corrected chi connectivity index (χ2v) is 4.16. The summed E-state index contributed by atoms with van der Waals surface area (Å²) in [6.45, 7) is 2.20. The molecule has 1 amide bonds. The van der Waals surface area contributed by atoms with Crippen molar-refractivity contribution < 1.29 is 4.79 Å². The monoisotopic (exact) mass is 168 g/mol. The molecular weight excluding hydrogens is 152 g/mol. The maximum atomic E-state index is 11.3. The zero-order valence-electron chi connectivity index (χ0n) is 7.84. The fourth-order valence-corrected chi connectivity index (χ4v) is 2.48. The van der Waals surface area contributed by atoms with Crippen molar-refractivity contribution in [2.75, 3.05) is 27.2 Å². The number of carbonyl (C=O) groups is 1. The summed E-state index contributed by atoms with van der Waals surface area (Å²) in [7, 11) is 4.08. The highest BCUT2D eigenvalue weighted by molar-refractivity contribution is 5.79. The SMILES string of the molecule is CN1CCC2(CCC(=O)N2C)C1. The lowest BCUT2D eigenvalue weighted by Gasteiger charge is -2.31. The lowest BCUT2D eigenvalue weighted by Crippen LogP contribution is -2.44. The molecule has 2 saturated heterocycles. The zero-order chi connectivity index (χ0) is 8.77. The van der Waals surface area contributed by atoms with Gasteiger partial charge in [0.05, 0.1) is 5.54 Å². The number of rotatable bonds is 0. The lowest BCUT2D eigenvalue weighted by atomic mass is 9.96. The molecule has 1 spiro atoms. The van der Waals surface area contributed by atoms with Crippen LogP contribution in [0.15, 0.2) is 0 Å². The summed E-state index contributed by atoms with van der Waals surface area (Å²) in [6.07, 6.45) is 2.97. The fraction of sp³-hybridized carbons (Fsp3) is 0.889. The van der Waals surface area contributed by atoms with Gasteiger partial charge in [-0.2, -0.15) is 0 Å². The van der Waals surface area contributed by atoms with Crippen LogP contribution >= 0.6 is 0 Å². The Morgan fingerprint density at radius 1 is 1.33 bits per heavy atom. The summed E-state index contributed by atoms with van der Waals surface area (Å²) < 4.78 is 0. The Labute approximate surface area is 73.3 Å². The highest BCUT2D eigenvalue weighted by Crippen LogP contribution is 2.36. The minimum Gasteiger partial charge on any atom is -0.339 e. The van der Waals surface area contributed by atoms with Gasteiger partial charge in [0.2, 0.25) is 5.91 Å². The number of hydrogen-bond acceptors (Lipinski definition) is 2. The molecule has 1 unspecified atom stereocenters. The van der Waals surface area contributed by atoms with Crippen LogP contribution in [0.4, 0.5) is 0 Å². The first-order chi connectivity index (χ1) is 5.64.